The highest BCUT2D eigenvalue weighted by atomic mass is 16.5. The van der Waals surface area contributed by atoms with Crippen molar-refractivity contribution in [2.24, 2.45) is 5.92 Å². The zero-order chi connectivity index (χ0) is 21.8. The van der Waals surface area contributed by atoms with Gasteiger partial charge in [0.05, 0.1) is 24.8 Å². The second-order valence-corrected chi connectivity index (χ2v) is 8.88. The topological polar surface area (TPSA) is 70.2 Å². The van der Waals surface area contributed by atoms with E-state index in [2.05, 4.69) is 4.90 Å². The van der Waals surface area contributed by atoms with Gasteiger partial charge in [-0.1, -0.05) is 6.92 Å². The van der Waals surface area contributed by atoms with Crippen LogP contribution < -0.4 is 9.64 Å². The third-order valence-electron chi connectivity index (χ3n) is 6.76. The molecule has 4 rings (SSSR count). The van der Waals surface area contributed by atoms with E-state index in [0.717, 1.165) is 64.0 Å². The predicted octanol–water partition coefficient (Wildman–Crippen LogP) is 2.83. The summed E-state index contributed by atoms with van der Waals surface area (Å²) >= 11 is 0. The highest BCUT2D eigenvalue weighted by molar-refractivity contribution is 6.22. The lowest BCUT2D eigenvalue weighted by Gasteiger charge is -2.35. The molecule has 1 aromatic carbocycles. The van der Waals surface area contributed by atoms with Gasteiger partial charge in [0.2, 0.25) is 11.8 Å². The van der Waals surface area contributed by atoms with Gasteiger partial charge < -0.3 is 9.64 Å². The average molecular weight is 428 g/mol. The minimum atomic E-state index is -0.357. The highest BCUT2D eigenvalue weighted by Gasteiger charge is 2.43. The Kier molecular flexibility index (Phi) is 6.90. The molecule has 3 saturated heterocycles. The number of nitrogens with zero attached hydrogens (tertiary/aromatic N) is 3. The van der Waals surface area contributed by atoms with E-state index in [4.69, 9.17) is 4.74 Å². The fourth-order valence-electron chi connectivity index (χ4n) is 4.92. The van der Waals surface area contributed by atoms with E-state index in [1.54, 1.807) is 12.1 Å². The molecule has 3 amide bonds. The highest BCUT2D eigenvalue weighted by Crippen LogP contribution is 2.30. The SMILES string of the molecule is CCCOc1ccc(N2C(=O)C[C@@H](N3CCC(CCN4CCCC4=O)CC3)C2=O)cc1. The maximum atomic E-state index is 13.1. The number of hydrogen-bond donors (Lipinski definition) is 0. The third-order valence-corrected chi connectivity index (χ3v) is 6.76. The van der Waals surface area contributed by atoms with Crippen LogP contribution in [-0.2, 0) is 14.4 Å². The minimum absolute atomic E-state index is 0.117. The standard InChI is InChI=1S/C24H33N3O4/c1-2-16-31-20-7-5-19(6-8-20)27-23(29)17-21(24(27)30)25-13-9-18(10-14-25)11-15-26-12-3-4-22(26)28/h5-8,18,21H,2-4,9-17H2,1H3/t21-/m1/s1. The molecule has 0 radical (unpaired) electrons. The molecule has 3 aliphatic heterocycles. The molecule has 7 nitrogen and oxygen atoms in total. The lowest BCUT2D eigenvalue weighted by molar-refractivity contribution is -0.128. The molecule has 0 aliphatic carbocycles. The molecule has 0 N–H and O–H groups in total. The van der Waals surface area contributed by atoms with Gasteiger partial charge in [0, 0.05) is 19.5 Å². The van der Waals surface area contributed by atoms with Crippen molar-refractivity contribution in [2.75, 3.05) is 37.7 Å². The molecule has 0 aromatic heterocycles. The molecule has 0 saturated carbocycles. The molecular formula is C24H33N3O4. The van der Waals surface area contributed by atoms with Crippen molar-refractivity contribution in [3.05, 3.63) is 24.3 Å². The van der Waals surface area contributed by atoms with E-state index in [1.807, 2.05) is 24.0 Å². The van der Waals surface area contributed by atoms with Gasteiger partial charge in [0.15, 0.2) is 0 Å². The summed E-state index contributed by atoms with van der Waals surface area (Å²) in [5.74, 6) is 1.38. The predicted molar refractivity (Wildman–Crippen MR) is 118 cm³/mol. The van der Waals surface area contributed by atoms with E-state index >= 15 is 0 Å². The first-order chi connectivity index (χ1) is 15.1. The molecule has 7 heteroatoms. The summed E-state index contributed by atoms with van der Waals surface area (Å²) < 4.78 is 5.59. The van der Waals surface area contributed by atoms with Gasteiger partial charge in [-0.3, -0.25) is 19.3 Å². The van der Waals surface area contributed by atoms with E-state index < -0.39 is 0 Å². The van der Waals surface area contributed by atoms with Crippen LogP contribution in [0.2, 0.25) is 0 Å². The van der Waals surface area contributed by atoms with Gasteiger partial charge in [-0.2, -0.15) is 0 Å². The van der Waals surface area contributed by atoms with E-state index in [9.17, 15) is 14.4 Å². The number of anilines is 1. The molecule has 0 bridgehead atoms. The fraction of sp³-hybridized carbons (Fsp3) is 0.625. The quantitative estimate of drug-likeness (QED) is 0.597. The number of rotatable bonds is 8. The number of imide groups is 1. The van der Waals surface area contributed by atoms with Crippen LogP contribution in [0.3, 0.4) is 0 Å². The summed E-state index contributed by atoms with van der Waals surface area (Å²) in [7, 11) is 0. The van der Waals surface area contributed by atoms with Crippen LogP contribution in [0.25, 0.3) is 0 Å². The van der Waals surface area contributed by atoms with Crippen LogP contribution >= 0.6 is 0 Å². The van der Waals surface area contributed by atoms with Crippen molar-refractivity contribution in [3.63, 3.8) is 0 Å². The van der Waals surface area contributed by atoms with Crippen LogP contribution in [0.1, 0.15) is 51.9 Å². The zero-order valence-corrected chi connectivity index (χ0v) is 18.4. The van der Waals surface area contributed by atoms with Crippen molar-refractivity contribution in [1.29, 1.82) is 0 Å². The molecule has 1 aromatic rings. The Morgan fingerprint density at radius 2 is 1.74 bits per heavy atom. The number of ether oxygens (including phenoxy) is 1. The van der Waals surface area contributed by atoms with Gasteiger partial charge in [-0.25, -0.2) is 4.90 Å². The molecule has 1 atom stereocenters. The first-order valence-electron chi connectivity index (χ1n) is 11.7. The van der Waals surface area contributed by atoms with Crippen molar-refractivity contribution in [3.8, 4) is 5.75 Å². The lowest BCUT2D eigenvalue weighted by atomic mass is 9.92. The molecule has 31 heavy (non-hydrogen) atoms. The third kappa shape index (κ3) is 4.92. The Balaban J connectivity index is 1.29. The lowest BCUT2D eigenvalue weighted by Crippen LogP contribution is -2.46. The summed E-state index contributed by atoms with van der Waals surface area (Å²) in [5.41, 5.74) is 0.617. The number of carbonyl (C=O) groups is 3. The van der Waals surface area contributed by atoms with E-state index in [0.29, 0.717) is 24.6 Å². The second kappa shape index (κ2) is 9.81. The minimum Gasteiger partial charge on any atom is -0.494 e. The van der Waals surface area contributed by atoms with Gasteiger partial charge in [-0.15, -0.1) is 0 Å². The average Bonchev–Trinajstić information content (AvgIpc) is 3.33. The monoisotopic (exact) mass is 427 g/mol. The van der Waals surface area contributed by atoms with Gasteiger partial charge >= 0.3 is 0 Å². The maximum absolute atomic E-state index is 13.1. The molecule has 3 aliphatic rings. The number of carbonyl (C=O) groups excluding carboxylic acids is 3. The maximum Gasteiger partial charge on any atom is 0.251 e. The van der Waals surface area contributed by atoms with Gasteiger partial charge in [-0.05, 0) is 75.4 Å². The van der Waals surface area contributed by atoms with Crippen molar-refractivity contribution in [1.82, 2.24) is 9.80 Å². The summed E-state index contributed by atoms with van der Waals surface area (Å²) in [6.07, 6.45) is 5.93. The van der Waals surface area contributed by atoms with Gasteiger partial charge in [0.25, 0.3) is 5.91 Å². The number of piperidine rings is 1. The van der Waals surface area contributed by atoms with Crippen molar-refractivity contribution in [2.45, 2.75) is 57.9 Å². The van der Waals surface area contributed by atoms with E-state index in [-0.39, 0.29) is 30.2 Å². The summed E-state index contributed by atoms with van der Waals surface area (Å²) in [4.78, 5) is 43.0. The van der Waals surface area contributed by atoms with E-state index in [1.165, 1.54) is 4.90 Å². The molecular weight excluding hydrogens is 394 g/mol. The molecule has 3 fully saturated rings. The van der Waals surface area contributed by atoms with Crippen LogP contribution in [0.5, 0.6) is 5.75 Å². The molecule has 168 valence electrons. The number of likely N-dealkylation sites (tertiary alicyclic amines) is 2. The van der Waals surface area contributed by atoms with Crippen LogP contribution in [-0.4, -0.2) is 66.3 Å². The molecule has 0 unspecified atom stereocenters. The largest absolute Gasteiger partial charge is 0.494 e. The second-order valence-electron chi connectivity index (χ2n) is 8.88. The Labute approximate surface area is 184 Å². The first kappa shape index (κ1) is 21.8. The van der Waals surface area contributed by atoms with Crippen LogP contribution in [0.15, 0.2) is 24.3 Å². The summed E-state index contributed by atoms with van der Waals surface area (Å²) in [6.45, 7) is 6.12. The fourth-order valence-corrected chi connectivity index (χ4v) is 4.92. The zero-order valence-electron chi connectivity index (χ0n) is 18.4. The smallest absolute Gasteiger partial charge is 0.251 e. The van der Waals surface area contributed by atoms with Crippen LogP contribution in [0.4, 0.5) is 5.69 Å². The summed E-state index contributed by atoms with van der Waals surface area (Å²) in [5, 5.41) is 0. The summed E-state index contributed by atoms with van der Waals surface area (Å²) in [6, 6.07) is 6.85. The number of amides is 3. The number of benzene rings is 1. The Bertz CT molecular complexity index is 802. The van der Waals surface area contributed by atoms with Crippen molar-refractivity contribution < 1.29 is 19.1 Å². The Morgan fingerprint density at radius 1 is 1.00 bits per heavy atom. The first-order valence-corrected chi connectivity index (χ1v) is 11.7. The Morgan fingerprint density at radius 3 is 2.39 bits per heavy atom. The van der Waals surface area contributed by atoms with Crippen molar-refractivity contribution >= 4 is 23.4 Å². The Hall–Kier alpha value is -2.41. The number of hydrogen-bond acceptors (Lipinski definition) is 5. The molecule has 3 heterocycles. The molecule has 0 spiro atoms. The van der Waals surface area contributed by atoms with Crippen LogP contribution in [0, 0.1) is 5.92 Å². The normalized spacial score (nSPS) is 23.3. The van der Waals surface area contributed by atoms with Gasteiger partial charge in [0.1, 0.15) is 5.75 Å².